The van der Waals surface area contributed by atoms with Crippen molar-refractivity contribution in [1.29, 1.82) is 0 Å². The molecule has 10 heteroatoms. The summed E-state index contributed by atoms with van der Waals surface area (Å²) in [5.74, 6) is -0.998. The summed E-state index contributed by atoms with van der Waals surface area (Å²) < 4.78 is 4.49. The largest absolute Gasteiger partial charge is 0.450 e. The van der Waals surface area contributed by atoms with E-state index in [1.165, 1.54) is 18.2 Å². The summed E-state index contributed by atoms with van der Waals surface area (Å²) in [7, 11) is 0. The minimum atomic E-state index is -1.59. The zero-order valence-corrected chi connectivity index (χ0v) is 11.4. The van der Waals surface area contributed by atoms with Gasteiger partial charge in [-0.1, -0.05) is 11.2 Å². The molecule has 1 unspecified atom stereocenters. The molecule has 1 aromatic rings. The molecule has 0 radical (unpaired) electrons. The first-order chi connectivity index (χ1) is 10.5. The molecule has 0 aromatic heterocycles. The summed E-state index contributed by atoms with van der Waals surface area (Å²) in [6.45, 7) is 8.48. The smallest absolute Gasteiger partial charge is 0.414 e. The van der Waals surface area contributed by atoms with Crippen LogP contribution in [0.15, 0.2) is 34.5 Å². The molecule has 0 saturated heterocycles. The number of hydrogen-bond donors (Lipinski definition) is 1. The molecule has 1 aromatic carbocycles. The SMILES string of the molecule is [C-]#[N+]C(N=Nc1cccc([N+](=O)[O-])c1)C(=O)NC(=O)OCC. The number of azo groups is 1. The van der Waals surface area contributed by atoms with Crippen molar-refractivity contribution in [3.8, 4) is 0 Å². The van der Waals surface area contributed by atoms with Gasteiger partial charge in [-0.15, -0.1) is 5.11 Å². The van der Waals surface area contributed by atoms with Crippen LogP contribution in [-0.2, 0) is 9.53 Å². The quantitative estimate of drug-likeness (QED) is 0.386. The van der Waals surface area contributed by atoms with Gasteiger partial charge in [0, 0.05) is 12.1 Å². The van der Waals surface area contributed by atoms with Gasteiger partial charge in [-0.25, -0.2) is 11.4 Å². The van der Waals surface area contributed by atoms with Gasteiger partial charge in [0.1, 0.15) is 0 Å². The fourth-order valence-electron chi connectivity index (χ4n) is 1.26. The molecular weight excluding hydrogens is 294 g/mol. The van der Waals surface area contributed by atoms with Crippen molar-refractivity contribution < 1.29 is 19.2 Å². The Kier molecular flexibility index (Phi) is 6.11. The first kappa shape index (κ1) is 16.7. The fourth-order valence-corrected chi connectivity index (χ4v) is 1.26. The van der Waals surface area contributed by atoms with Crippen LogP contribution < -0.4 is 5.32 Å². The number of nitro benzene ring substituents is 1. The third-order valence-corrected chi connectivity index (χ3v) is 2.18. The first-order valence-electron chi connectivity index (χ1n) is 5.97. The van der Waals surface area contributed by atoms with E-state index in [1.54, 1.807) is 6.92 Å². The molecule has 10 nitrogen and oxygen atoms in total. The van der Waals surface area contributed by atoms with Gasteiger partial charge in [0.15, 0.2) is 0 Å². The highest BCUT2D eigenvalue weighted by molar-refractivity contribution is 5.95. The lowest BCUT2D eigenvalue weighted by atomic mass is 10.3. The van der Waals surface area contributed by atoms with E-state index in [2.05, 4.69) is 19.8 Å². The Bertz CT molecular complexity index is 652. The maximum absolute atomic E-state index is 11.6. The molecule has 114 valence electrons. The maximum Gasteiger partial charge on any atom is 0.414 e. The van der Waals surface area contributed by atoms with Crippen molar-refractivity contribution in [2.45, 2.75) is 13.1 Å². The van der Waals surface area contributed by atoms with Crippen LogP contribution in [0, 0.1) is 16.7 Å². The van der Waals surface area contributed by atoms with Crippen LogP contribution in [0.2, 0.25) is 0 Å². The Labute approximate surface area is 124 Å². The number of imide groups is 1. The number of hydrogen-bond acceptors (Lipinski definition) is 7. The molecule has 1 atom stereocenters. The van der Waals surface area contributed by atoms with Crippen LogP contribution in [0.4, 0.5) is 16.2 Å². The average molecular weight is 305 g/mol. The number of nitro groups is 1. The van der Waals surface area contributed by atoms with Crippen LogP contribution >= 0.6 is 0 Å². The third kappa shape index (κ3) is 4.97. The van der Waals surface area contributed by atoms with Gasteiger partial charge in [-0.3, -0.25) is 25.1 Å². The van der Waals surface area contributed by atoms with Gasteiger partial charge in [-0.05, 0) is 13.0 Å². The lowest BCUT2D eigenvalue weighted by Crippen LogP contribution is -2.36. The van der Waals surface area contributed by atoms with E-state index in [1.807, 2.05) is 5.32 Å². The molecule has 0 heterocycles. The van der Waals surface area contributed by atoms with Crippen LogP contribution in [0.1, 0.15) is 6.92 Å². The van der Waals surface area contributed by atoms with Crippen molar-refractivity contribution in [3.63, 3.8) is 0 Å². The van der Waals surface area contributed by atoms with Crippen molar-refractivity contribution in [2.24, 2.45) is 10.2 Å². The van der Waals surface area contributed by atoms with E-state index < -0.39 is 23.1 Å². The van der Waals surface area contributed by atoms with E-state index in [9.17, 15) is 19.7 Å². The average Bonchev–Trinajstić information content (AvgIpc) is 2.48. The number of amides is 2. The fraction of sp³-hybridized carbons (Fsp3) is 0.250. The molecule has 0 aliphatic rings. The van der Waals surface area contributed by atoms with E-state index in [4.69, 9.17) is 6.57 Å². The van der Waals surface area contributed by atoms with Crippen molar-refractivity contribution in [2.75, 3.05) is 6.61 Å². The number of non-ortho nitro benzene ring substituents is 1. The molecule has 0 fully saturated rings. The molecule has 0 aliphatic heterocycles. The zero-order valence-electron chi connectivity index (χ0n) is 11.4. The summed E-state index contributed by atoms with van der Waals surface area (Å²) in [5, 5.41) is 19.5. The zero-order chi connectivity index (χ0) is 16.5. The summed E-state index contributed by atoms with van der Waals surface area (Å²) in [6, 6.07) is 5.20. The Balaban J connectivity index is 2.79. The second-order valence-electron chi connectivity index (χ2n) is 3.70. The number of nitrogens with one attached hydrogen (secondary N) is 1. The molecule has 0 spiro atoms. The summed E-state index contributed by atoms with van der Waals surface area (Å²) >= 11 is 0. The Morgan fingerprint density at radius 2 is 2.27 bits per heavy atom. The molecule has 0 saturated carbocycles. The molecular formula is C12H11N5O5. The van der Waals surface area contributed by atoms with Gasteiger partial charge in [0.05, 0.1) is 17.2 Å². The number of rotatable bonds is 5. The Morgan fingerprint density at radius 1 is 1.55 bits per heavy atom. The highest BCUT2D eigenvalue weighted by atomic mass is 16.6. The number of ether oxygens (including phenoxy) is 1. The van der Waals surface area contributed by atoms with E-state index >= 15 is 0 Å². The lowest BCUT2D eigenvalue weighted by Gasteiger charge is -2.02. The van der Waals surface area contributed by atoms with Crippen LogP contribution in [-0.4, -0.2) is 29.7 Å². The van der Waals surface area contributed by atoms with Gasteiger partial charge in [0.25, 0.3) is 5.69 Å². The van der Waals surface area contributed by atoms with Crippen LogP contribution in [0.3, 0.4) is 0 Å². The second kappa shape index (κ2) is 8.05. The topological polar surface area (TPSA) is 128 Å². The Hall–Kier alpha value is -3.35. The molecule has 0 aliphatic carbocycles. The highest BCUT2D eigenvalue weighted by Crippen LogP contribution is 2.20. The number of carbonyl (C=O) groups excluding carboxylic acids is 2. The summed E-state index contributed by atoms with van der Waals surface area (Å²) in [5.41, 5.74) is -0.0985. The number of nitrogens with zero attached hydrogens (tertiary/aromatic N) is 4. The van der Waals surface area contributed by atoms with Crippen molar-refractivity contribution in [1.82, 2.24) is 5.32 Å². The Morgan fingerprint density at radius 3 is 2.86 bits per heavy atom. The van der Waals surface area contributed by atoms with Gasteiger partial charge >= 0.3 is 18.2 Å². The minimum absolute atomic E-state index is 0.0665. The predicted molar refractivity (Wildman–Crippen MR) is 73.2 cm³/mol. The standard InChI is InChI=1S/C12H11N5O5/c1-3-22-12(19)14-11(18)10(13-2)16-15-8-5-4-6-9(7-8)17(20)21/h4-7,10H,3H2,1H3,(H,14,18,19). The number of benzene rings is 1. The molecule has 1 rings (SSSR count). The molecule has 0 bridgehead atoms. The van der Waals surface area contributed by atoms with Gasteiger partial charge in [-0.2, -0.15) is 0 Å². The molecule has 22 heavy (non-hydrogen) atoms. The normalized spacial score (nSPS) is 11.5. The van der Waals surface area contributed by atoms with Gasteiger partial charge < -0.3 is 4.74 Å². The van der Waals surface area contributed by atoms with E-state index in [0.717, 1.165) is 6.07 Å². The van der Waals surface area contributed by atoms with E-state index in [-0.39, 0.29) is 18.0 Å². The van der Waals surface area contributed by atoms with Crippen molar-refractivity contribution >= 4 is 23.4 Å². The highest BCUT2D eigenvalue weighted by Gasteiger charge is 2.25. The number of carbonyl (C=O) groups is 2. The maximum atomic E-state index is 11.6. The lowest BCUT2D eigenvalue weighted by molar-refractivity contribution is -0.384. The number of alkyl carbamates (subject to hydrolysis) is 1. The van der Waals surface area contributed by atoms with Crippen LogP contribution in [0.25, 0.3) is 4.85 Å². The summed E-state index contributed by atoms with van der Waals surface area (Å²) in [4.78, 5) is 35.5. The third-order valence-electron chi connectivity index (χ3n) is 2.18. The predicted octanol–water partition coefficient (Wildman–Crippen LogP) is 2.20. The summed E-state index contributed by atoms with van der Waals surface area (Å²) in [6.07, 6.45) is -2.59. The second-order valence-corrected chi connectivity index (χ2v) is 3.70. The van der Waals surface area contributed by atoms with Gasteiger partial charge in [0.2, 0.25) is 0 Å². The van der Waals surface area contributed by atoms with Crippen molar-refractivity contribution in [3.05, 3.63) is 45.8 Å². The van der Waals surface area contributed by atoms with Crippen LogP contribution in [0.5, 0.6) is 0 Å². The monoisotopic (exact) mass is 305 g/mol. The minimum Gasteiger partial charge on any atom is -0.450 e. The molecule has 2 amide bonds. The first-order valence-corrected chi connectivity index (χ1v) is 5.97. The molecule has 1 N–H and O–H groups in total. The van der Waals surface area contributed by atoms with E-state index in [0.29, 0.717) is 0 Å².